The molecule has 6 nitrogen and oxygen atoms in total. The molecular formula is C14H20N4O2. The van der Waals surface area contributed by atoms with Gasteiger partial charge in [0.25, 0.3) is 11.1 Å². The summed E-state index contributed by atoms with van der Waals surface area (Å²) in [4.78, 5) is 23.6. The van der Waals surface area contributed by atoms with Crippen molar-refractivity contribution in [2.75, 3.05) is 18.4 Å². The number of hydrogen-bond donors (Lipinski definition) is 4. The lowest BCUT2D eigenvalue weighted by Crippen LogP contribution is -2.28. The molecule has 0 aliphatic heterocycles. The van der Waals surface area contributed by atoms with Gasteiger partial charge in [0.1, 0.15) is 0 Å². The Morgan fingerprint density at radius 2 is 1.90 bits per heavy atom. The summed E-state index contributed by atoms with van der Waals surface area (Å²) in [5.74, 6) is 0.760. The molecular weight excluding hydrogens is 256 g/mol. The van der Waals surface area contributed by atoms with Gasteiger partial charge < -0.3 is 11.1 Å². The Morgan fingerprint density at radius 3 is 2.55 bits per heavy atom. The second-order valence-corrected chi connectivity index (χ2v) is 5.26. The lowest BCUT2D eigenvalue weighted by Gasteiger charge is -2.20. The predicted molar refractivity (Wildman–Crippen MR) is 81.1 cm³/mol. The Labute approximate surface area is 116 Å². The number of H-pyrrole nitrogens is 2. The summed E-state index contributed by atoms with van der Waals surface area (Å²) in [5.41, 5.74) is 5.79. The Kier molecular flexibility index (Phi) is 4.24. The molecule has 2 aromatic rings. The van der Waals surface area contributed by atoms with E-state index < -0.39 is 0 Å². The third kappa shape index (κ3) is 2.75. The Balaban J connectivity index is 2.38. The molecule has 1 atom stereocenters. The van der Waals surface area contributed by atoms with Gasteiger partial charge in [-0.25, -0.2) is 0 Å². The van der Waals surface area contributed by atoms with Gasteiger partial charge in [-0.1, -0.05) is 19.9 Å². The second-order valence-electron chi connectivity index (χ2n) is 5.26. The van der Waals surface area contributed by atoms with Crippen molar-refractivity contribution in [3.8, 4) is 0 Å². The van der Waals surface area contributed by atoms with E-state index in [2.05, 4.69) is 29.4 Å². The summed E-state index contributed by atoms with van der Waals surface area (Å²) >= 11 is 0. The fourth-order valence-corrected chi connectivity index (χ4v) is 2.21. The largest absolute Gasteiger partial charge is 0.384 e. The summed E-state index contributed by atoms with van der Waals surface area (Å²) < 4.78 is 0. The molecule has 0 aliphatic carbocycles. The second kappa shape index (κ2) is 5.92. The number of anilines is 1. The molecule has 1 unspecified atom stereocenters. The fraction of sp³-hybridized carbons (Fsp3) is 0.429. The third-order valence-electron chi connectivity index (χ3n) is 3.63. The van der Waals surface area contributed by atoms with E-state index in [1.54, 1.807) is 18.2 Å². The molecule has 0 saturated carbocycles. The third-order valence-corrected chi connectivity index (χ3v) is 3.63. The molecule has 0 radical (unpaired) electrons. The first-order valence-corrected chi connectivity index (χ1v) is 6.72. The highest BCUT2D eigenvalue weighted by atomic mass is 16.1. The maximum absolute atomic E-state index is 11.9. The first kappa shape index (κ1) is 14.3. The van der Waals surface area contributed by atoms with Crippen LogP contribution in [-0.4, -0.2) is 23.3 Å². The SMILES string of the molecule is CC(C)C(CN)CNc1cccc2c(=O)[nH][nH]c(=O)c12. The van der Waals surface area contributed by atoms with Crippen molar-refractivity contribution >= 4 is 16.5 Å². The molecule has 0 fully saturated rings. The van der Waals surface area contributed by atoms with Crippen molar-refractivity contribution < 1.29 is 0 Å². The number of rotatable bonds is 5. The average Bonchev–Trinajstić information content (AvgIpc) is 2.43. The Bertz CT molecular complexity index is 702. The minimum Gasteiger partial charge on any atom is -0.384 e. The van der Waals surface area contributed by atoms with Gasteiger partial charge in [0, 0.05) is 12.2 Å². The van der Waals surface area contributed by atoms with Gasteiger partial charge in [0.05, 0.1) is 10.8 Å². The van der Waals surface area contributed by atoms with Crippen LogP contribution >= 0.6 is 0 Å². The quantitative estimate of drug-likeness (QED) is 0.650. The van der Waals surface area contributed by atoms with E-state index in [0.29, 0.717) is 41.4 Å². The van der Waals surface area contributed by atoms with Gasteiger partial charge in [-0.05, 0) is 30.5 Å². The first-order chi connectivity index (χ1) is 9.54. The van der Waals surface area contributed by atoms with Crippen molar-refractivity contribution in [3.05, 3.63) is 38.9 Å². The smallest absolute Gasteiger partial charge is 0.272 e. The fourth-order valence-electron chi connectivity index (χ4n) is 2.21. The van der Waals surface area contributed by atoms with Crippen molar-refractivity contribution in [2.24, 2.45) is 17.6 Å². The molecule has 1 aromatic carbocycles. The minimum absolute atomic E-state index is 0.303. The number of hydrogen-bond acceptors (Lipinski definition) is 4. The van der Waals surface area contributed by atoms with Gasteiger partial charge in [-0.15, -0.1) is 0 Å². The highest BCUT2D eigenvalue weighted by Gasteiger charge is 2.13. The summed E-state index contributed by atoms with van der Waals surface area (Å²) in [7, 11) is 0. The van der Waals surface area contributed by atoms with E-state index in [0.717, 1.165) is 0 Å². The molecule has 0 spiro atoms. The highest BCUT2D eigenvalue weighted by molar-refractivity contribution is 5.92. The number of benzene rings is 1. The van der Waals surface area contributed by atoms with E-state index >= 15 is 0 Å². The van der Waals surface area contributed by atoms with E-state index in [4.69, 9.17) is 5.73 Å². The summed E-state index contributed by atoms with van der Waals surface area (Å²) in [6, 6.07) is 5.19. The molecule has 6 heteroatoms. The van der Waals surface area contributed by atoms with Gasteiger partial charge in [0.15, 0.2) is 0 Å². The normalized spacial score (nSPS) is 12.8. The van der Waals surface area contributed by atoms with Crippen LogP contribution in [0.3, 0.4) is 0 Å². The molecule has 0 saturated heterocycles. The number of aromatic amines is 2. The molecule has 1 aromatic heterocycles. The molecule has 0 amide bonds. The lowest BCUT2D eigenvalue weighted by molar-refractivity contribution is 0.413. The van der Waals surface area contributed by atoms with Crippen LogP contribution in [0.5, 0.6) is 0 Å². The average molecular weight is 276 g/mol. The number of nitrogens with one attached hydrogen (secondary N) is 3. The molecule has 1 heterocycles. The molecule has 5 N–H and O–H groups in total. The standard InChI is InChI=1S/C14H20N4O2/c1-8(2)9(6-15)7-16-11-5-3-4-10-12(11)14(20)18-17-13(10)19/h3-5,8-9,16H,6-7,15H2,1-2H3,(H,17,19)(H,18,20). The van der Waals surface area contributed by atoms with E-state index in [-0.39, 0.29) is 11.1 Å². The molecule has 2 rings (SSSR count). The number of fused-ring (bicyclic) bond motifs is 1. The van der Waals surface area contributed by atoms with Crippen molar-refractivity contribution in [3.63, 3.8) is 0 Å². The highest BCUT2D eigenvalue weighted by Crippen LogP contribution is 2.18. The molecule has 108 valence electrons. The minimum atomic E-state index is -0.309. The van der Waals surface area contributed by atoms with Crippen molar-refractivity contribution in [1.82, 2.24) is 10.2 Å². The Hall–Kier alpha value is -2.08. The van der Waals surface area contributed by atoms with Crippen LogP contribution in [0.2, 0.25) is 0 Å². The van der Waals surface area contributed by atoms with Crippen LogP contribution in [0, 0.1) is 11.8 Å². The predicted octanol–water partition coefficient (Wildman–Crippen LogP) is 0.859. The first-order valence-electron chi connectivity index (χ1n) is 6.72. The van der Waals surface area contributed by atoms with E-state index in [1.807, 2.05) is 0 Å². The summed E-state index contributed by atoms with van der Waals surface area (Å²) in [6.07, 6.45) is 0. The van der Waals surface area contributed by atoms with Gasteiger partial charge in [0.2, 0.25) is 0 Å². The topological polar surface area (TPSA) is 104 Å². The maximum atomic E-state index is 11.9. The zero-order valence-electron chi connectivity index (χ0n) is 11.7. The van der Waals surface area contributed by atoms with E-state index in [1.165, 1.54) is 0 Å². The van der Waals surface area contributed by atoms with Gasteiger partial charge in [-0.2, -0.15) is 0 Å². The van der Waals surface area contributed by atoms with Gasteiger partial charge >= 0.3 is 0 Å². The van der Waals surface area contributed by atoms with Crippen molar-refractivity contribution in [1.29, 1.82) is 0 Å². The van der Waals surface area contributed by atoms with Crippen LogP contribution in [0.1, 0.15) is 13.8 Å². The molecule has 0 aliphatic rings. The zero-order valence-corrected chi connectivity index (χ0v) is 11.7. The molecule has 0 bridgehead atoms. The number of nitrogens with two attached hydrogens (primary N) is 1. The molecule has 20 heavy (non-hydrogen) atoms. The van der Waals surface area contributed by atoms with Gasteiger partial charge in [-0.3, -0.25) is 19.8 Å². The number of aromatic nitrogens is 2. The van der Waals surface area contributed by atoms with Crippen LogP contribution in [0.25, 0.3) is 10.8 Å². The zero-order chi connectivity index (χ0) is 14.7. The van der Waals surface area contributed by atoms with Crippen molar-refractivity contribution in [2.45, 2.75) is 13.8 Å². The van der Waals surface area contributed by atoms with Crippen LogP contribution in [-0.2, 0) is 0 Å². The van der Waals surface area contributed by atoms with Crippen LogP contribution in [0.4, 0.5) is 5.69 Å². The summed E-state index contributed by atoms with van der Waals surface area (Å²) in [6.45, 7) is 5.46. The lowest BCUT2D eigenvalue weighted by atomic mass is 9.96. The summed E-state index contributed by atoms with van der Waals surface area (Å²) in [5, 5.41) is 8.68. The van der Waals surface area contributed by atoms with E-state index in [9.17, 15) is 9.59 Å². The monoisotopic (exact) mass is 276 g/mol. The van der Waals surface area contributed by atoms with Crippen LogP contribution in [0.15, 0.2) is 27.8 Å². The maximum Gasteiger partial charge on any atom is 0.272 e. The Morgan fingerprint density at radius 1 is 1.20 bits per heavy atom. The van der Waals surface area contributed by atoms with Crippen LogP contribution < -0.4 is 22.2 Å².